The van der Waals surface area contributed by atoms with Crippen molar-refractivity contribution in [3.8, 4) is 0 Å². The van der Waals surface area contributed by atoms with Gasteiger partial charge in [-0.2, -0.15) is 0 Å². The lowest BCUT2D eigenvalue weighted by Gasteiger charge is -2.23. The number of aliphatic carboxylic acids is 1. The highest BCUT2D eigenvalue weighted by Gasteiger charge is 2.43. The molecule has 0 aliphatic carbocycles. The predicted octanol–water partition coefficient (Wildman–Crippen LogP) is 2.21. The number of rotatable bonds is 9. The minimum absolute atomic E-state index is 0.0495. The molecule has 1 atom stereocenters. The molecule has 0 saturated carbocycles. The van der Waals surface area contributed by atoms with Crippen molar-refractivity contribution in [1.29, 1.82) is 0 Å². The smallest absolute Gasteiger partial charge is 0.407 e. The first kappa shape index (κ1) is 22.4. The van der Waals surface area contributed by atoms with Gasteiger partial charge in [0.1, 0.15) is 12.2 Å². The lowest BCUT2D eigenvalue weighted by Crippen LogP contribution is -2.55. The van der Waals surface area contributed by atoms with E-state index in [0.29, 0.717) is 12.8 Å². The van der Waals surface area contributed by atoms with Crippen LogP contribution in [-0.4, -0.2) is 40.8 Å². The van der Waals surface area contributed by atoms with E-state index in [1.165, 1.54) is 0 Å². The number of carbonyl (C=O) groups is 3. The molecule has 0 aliphatic rings. The Hall–Kier alpha value is -2.61. The average Bonchev–Trinajstić information content (AvgIpc) is 2.58. The van der Waals surface area contributed by atoms with Crippen molar-refractivity contribution in [2.24, 2.45) is 5.73 Å². The van der Waals surface area contributed by atoms with Crippen LogP contribution >= 0.6 is 0 Å². The summed E-state index contributed by atoms with van der Waals surface area (Å²) < 4.78 is 10.2. The summed E-state index contributed by atoms with van der Waals surface area (Å²) in [5.74, 6) is -2.43. The van der Waals surface area contributed by atoms with Gasteiger partial charge in [-0.1, -0.05) is 30.3 Å². The molecule has 0 bridgehead atoms. The third-order valence-electron chi connectivity index (χ3n) is 3.62. The molecule has 0 saturated heterocycles. The molecule has 0 fully saturated rings. The van der Waals surface area contributed by atoms with E-state index < -0.39 is 29.2 Å². The van der Waals surface area contributed by atoms with Crippen LogP contribution in [0.2, 0.25) is 0 Å². The van der Waals surface area contributed by atoms with E-state index in [1.807, 2.05) is 6.07 Å². The van der Waals surface area contributed by atoms with Gasteiger partial charge >= 0.3 is 18.0 Å². The van der Waals surface area contributed by atoms with Crippen LogP contribution in [0.25, 0.3) is 0 Å². The number of carboxylic acid groups (broad SMARTS) is 1. The summed E-state index contributed by atoms with van der Waals surface area (Å²) in [6.07, 6.45) is 0.101. The Morgan fingerprint density at radius 2 is 1.74 bits per heavy atom. The van der Waals surface area contributed by atoms with E-state index in [9.17, 15) is 19.5 Å². The van der Waals surface area contributed by atoms with Gasteiger partial charge in [0.15, 0.2) is 0 Å². The number of benzene rings is 1. The SMILES string of the molecule is CC(C)(C)OC(=O)NCCCC[C@](N)(C(=O)O)C(=O)OCc1ccccc1. The Morgan fingerprint density at radius 1 is 1.11 bits per heavy atom. The lowest BCUT2D eigenvalue weighted by atomic mass is 9.94. The zero-order chi connectivity index (χ0) is 20.5. The van der Waals surface area contributed by atoms with Crippen LogP contribution in [0.1, 0.15) is 45.6 Å². The largest absolute Gasteiger partial charge is 0.479 e. The molecular formula is C19H28N2O6. The number of unbranched alkanes of at least 4 members (excludes halogenated alkanes) is 1. The van der Waals surface area contributed by atoms with Gasteiger partial charge in [0.2, 0.25) is 5.54 Å². The summed E-state index contributed by atoms with van der Waals surface area (Å²) in [5.41, 5.74) is 3.80. The number of carbonyl (C=O) groups excluding carboxylic acids is 2. The van der Waals surface area contributed by atoms with Gasteiger partial charge in [-0.15, -0.1) is 0 Å². The lowest BCUT2D eigenvalue weighted by molar-refractivity contribution is -0.162. The molecule has 0 spiro atoms. The number of ether oxygens (including phenoxy) is 2. The van der Waals surface area contributed by atoms with Crippen molar-refractivity contribution in [3.05, 3.63) is 35.9 Å². The molecule has 0 aromatic heterocycles. The number of nitrogens with two attached hydrogens (primary N) is 1. The third kappa shape index (κ3) is 8.08. The molecule has 4 N–H and O–H groups in total. The number of alkyl carbamates (subject to hydrolysis) is 1. The first-order valence-corrected chi connectivity index (χ1v) is 8.75. The van der Waals surface area contributed by atoms with E-state index in [0.717, 1.165) is 5.56 Å². The van der Waals surface area contributed by atoms with Crippen LogP contribution in [0.4, 0.5) is 4.79 Å². The van der Waals surface area contributed by atoms with Crippen LogP contribution < -0.4 is 11.1 Å². The molecule has 0 heterocycles. The average molecular weight is 380 g/mol. The maximum Gasteiger partial charge on any atom is 0.407 e. The first-order chi connectivity index (χ1) is 12.5. The summed E-state index contributed by atoms with van der Waals surface area (Å²) in [6.45, 7) is 5.49. The number of nitrogens with one attached hydrogen (secondary N) is 1. The van der Waals surface area contributed by atoms with Gasteiger partial charge in [-0.3, -0.25) is 0 Å². The molecule has 1 rings (SSSR count). The van der Waals surface area contributed by atoms with Crippen LogP contribution in [0.5, 0.6) is 0 Å². The van der Waals surface area contributed by atoms with Crippen LogP contribution in [0, 0.1) is 0 Å². The monoisotopic (exact) mass is 380 g/mol. The number of esters is 1. The van der Waals surface area contributed by atoms with Gasteiger partial charge in [0, 0.05) is 6.54 Å². The minimum atomic E-state index is -2.12. The summed E-state index contributed by atoms with van der Waals surface area (Å²) in [6, 6.07) is 8.91. The topological polar surface area (TPSA) is 128 Å². The zero-order valence-electron chi connectivity index (χ0n) is 16.0. The minimum Gasteiger partial charge on any atom is -0.479 e. The summed E-state index contributed by atoms with van der Waals surface area (Å²) >= 11 is 0. The second-order valence-electron chi connectivity index (χ2n) is 7.22. The van der Waals surface area contributed by atoms with Crippen molar-refractivity contribution in [3.63, 3.8) is 0 Å². The Morgan fingerprint density at radius 3 is 2.30 bits per heavy atom. The van der Waals surface area contributed by atoms with Gasteiger partial charge in [-0.25, -0.2) is 14.4 Å². The second-order valence-corrected chi connectivity index (χ2v) is 7.22. The third-order valence-corrected chi connectivity index (χ3v) is 3.62. The molecule has 0 radical (unpaired) electrons. The van der Waals surface area contributed by atoms with Gasteiger partial charge in [0.05, 0.1) is 0 Å². The van der Waals surface area contributed by atoms with Gasteiger partial charge in [-0.05, 0) is 45.6 Å². The molecular weight excluding hydrogens is 352 g/mol. The fourth-order valence-corrected chi connectivity index (χ4v) is 2.18. The van der Waals surface area contributed by atoms with Crippen molar-refractivity contribution < 1.29 is 29.0 Å². The maximum atomic E-state index is 12.2. The summed E-state index contributed by atoms with van der Waals surface area (Å²) in [5, 5.41) is 11.9. The summed E-state index contributed by atoms with van der Waals surface area (Å²) in [7, 11) is 0. The highest BCUT2D eigenvalue weighted by molar-refractivity contribution is 6.03. The molecule has 0 aliphatic heterocycles. The standard InChI is InChI=1S/C19H28N2O6/c1-18(2,3)27-17(25)21-12-8-7-11-19(20,15(22)23)16(24)26-13-14-9-5-4-6-10-14/h4-6,9-10H,7-8,11-13,20H2,1-3H3,(H,21,25)(H,22,23)/t19-/m0/s1. The van der Waals surface area contributed by atoms with Crippen molar-refractivity contribution >= 4 is 18.0 Å². The predicted molar refractivity (Wildman–Crippen MR) is 98.9 cm³/mol. The zero-order valence-corrected chi connectivity index (χ0v) is 16.0. The molecule has 8 heteroatoms. The van der Waals surface area contributed by atoms with Gasteiger partial charge in [0.25, 0.3) is 0 Å². The highest BCUT2D eigenvalue weighted by Crippen LogP contribution is 2.16. The Labute approximate surface area is 159 Å². The maximum absolute atomic E-state index is 12.2. The molecule has 150 valence electrons. The molecule has 0 unspecified atom stereocenters. The number of hydrogen-bond acceptors (Lipinski definition) is 6. The van der Waals surface area contributed by atoms with Crippen molar-refractivity contribution in [2.45, 2.75) is 57.8 Å². The van der Waals surface area contributed by atoms with Crippen molar-refractivity contribution in [2.75, 3.05) is 6.54 Å². The van der Waals surface area contributed by atoms with Crippen molar-refractivity contribution in [1.82, 2.24) is 5.32 Å². The fourth-order valence-electron chi connectivity index (χ4n) is 2.18. The highest BCUT2D eigenvalue weighted by atomic mass is 16.6. The molecule has 1 aromatic carbocycles. The van der Waals surface area contributed by atoms with Gasteiger partial charge < -0.3 is 25.6 Å². The van der Waals surface area contributed by atoms with Crippen LogP contribution in [-0.2, 0) is 25.7 Å². The quantitative estimate of drug-likeness (QED) is 0.340. The van der Waals surface area contributed by atoms with E-state index in [1.54, 1.807) is 45.0 Å². The number of hydrogen-bond donors (Lipinski definition) is 3. The normalized spacial score (nSPS) is 13.3. The second kappa shape index (κ2) is 9.91. The van der Waals surface area contributed by atoms with E-state index in [2.05, 4.69) is 5.32 Å². The Balaban J connectivity index is 2.44. The first-order valence-electron chi connectivity index (χ1n) is 8.75. The Kier molecular flexibility index (Phi) is 8.24. The molecule has 8 nitrogen and oxygen atoms in total. The molecule has 27 heavy (non-hydrogen) atoms. The molecule has 1 aromatic rings. The fraction of sp³-hybridized carbons (Fsp3) is 0.526. The summed E-state index contributed by atoms with van der Waals surface area (Å²) in [4.78, 5) is 35.2. The Bertz CT molecular complexity index is 641. The number of amides is 1. The van der Waals surface area contributed by atoms with E-state index >= 15 is 0 Å². The number of carboxylic acids is 1. The molecule has 1 amide bonds. The van der Waals surface area contributed by atoms with E-state index in [-0.39, 0.29) is 19.6 Å². The van der Waals surface area contributed by atoms with E-state index in [4.69, 9.17) is 15.2 Å². The van der Waals surface area contributed by atoms with Crippen LogP contribution in [0.15, 0.2) is 30.3 Å². The van der Waals surface area contributed by atoms with Crippen LogP contribution in [0.3, 0.4) is 0 Å².